The van der Waals surface area contributed by atoms with Crippen LogP contribution in [0.1, 0.15) is 22.5 Å². The van der Waals surface area contributed by atoms with E-state index in [1.807, 2.05) is 24.1 Å². The highest BCUT2D eigenvalue weighted by Crippen LogP contribution is 2.10. The van der Waals surface area contributed by atoms with Gasteiger partial charge in [0.15, 0.2) is 5.76 Å². The smallest absolute Gasteiger partial charge is 0.289 e. The van der Waals surface area contributed by atoms with Crippen LogP contribution in [-0.4, -0.2) is 77.8 Å². The number of piperazine rings is 1. The van der Waals surface area contributed by atoms with Gasteiger partial charge in [-0.05, 0) is 43.3 Å². The number of pyridine rings is 1. The van der Waals surface area contributed by atoms with Crippen molar-refractivity contribution < 1.29 is 14.0 Å². The summed E-state index contributed by atoms with van der Waals surface area (Å²) >= 11 is 0. The minimum atomic E-state index is -0.108. The number of likely N-dealkylation sites (N-methyl/N-ethyl adjacent to an activating group) is 1. The molecule has 1 aliphatic rings. The first kappa shape index (κ1) is 19.1. The molecule has 1 aliphatic heterocycles. The Kier molecular flexibility index (Phi) is 6.59. The monoisotopic (exact) mass is 370 g/mol. The van der Waals surface area contributed by atoms with Gasteiger partial charge >= 0.3 is 0 Å². The summed E-state index contributed by atoms with van der Waals surface area (Å²) in [5, 5.41) is 0. The van der Waals surface area contributed by atoms with Crippen LogP contribution < -0.4 is 0 Å². The lowest BCUT2D eigenvalue weighted by Crippen LogP contribution is -2.50. The van der Waals surface area contributed by atoms with E-state index in [2.05, 4.69) is 9.88 Å². The Morgan fingerprint density at radius 1 is 1.07 bits per heavy atom. The van der Waals surface area contributed by atoms with Gasteiger partial charge in [-0.3, -0.25) is 14.6 Å². The number of carbonyl (C=O) groups is 2. The first-order valence-electron chi connectivity index (χ1n) is 9.31. The third kappa shape index (κ3) is 5.40. The summed E-state index contributed by atoms with van der Waals surface area (Å²) in [5.74, 6) is 0.393. The molecule has 144 valence electrons. The average molecular weight is 370 g/mol. The van der Waals surface area contributed by atoms with Crippen LogP contribution in [0.2, 0.25) is 0 Å². The number of amides is 2. The van der Waals surface area contributed by atoms with Crippen LogP contribution >= 0.6 is 0 Å². The molecule has 1 fully saturated rings. The van der Waals surface area contributed by atoms with Crippen LogP contribution in [0.4, 0.5) is 0 Å². The fourth-order valence-electron chi connectivity index (χ4n) is 3.14. The molecule has 0 radical (unpaired) electrons. The maximum Gasteiger partial charge on any atom is 0.289 e. The van der Waals surface area contributed by atoms with Gasteiger partial charge in [0.05, 0.1) is 6.26 Å². The van der Waals surface area contributed by atoms with Gasteiger partial charge in [0.25, 0.3) is 5.91 Å². The van der Waals surface area contributed by atoms with E-state index >= 15 is 0 Å². The third-order valence-electron chi connectivity index (χ3n) is 4.89. The van der Waals surface area contributed by atoms with E-state index in [-0.39, 0.29) is 11.8 Å². The number of carbonyl (C=O) groups excluding carboxylic acids is 2. The highest BCUT2D eigenvalue weighted by atomic mass is 16.3. The van der Waals surface area contributed by atoms with Crippen molar-refractivity contribution in [3.63, 3.8) is 0 Å². The standard InChI is InChI=1S/C20H26N4O3/c1-22(10-6-17-4-8-21-9-5-17)11-7-19(25)23-12-14-24(15-13-23)20(26)18-3-2-16-27-18/h2-5,8-9,16H,6-7,10-15H2,1H3. The van der Waals surface area contributed by atoms with E-state index in [1.165, 1.54) is 11.8 Å². The van der Waals surface area contributed by atoms with E-state index < -0.39 is 0 Å². The fraction of sp³-hybridized carbons (Fsp3) is 0.450. The van der Waals surface area contributed by atoms with Crippen LogP contribution in [0, 0.1) is 0 Å². The zero-order valence-corrected chi connectivity index (χ0v) is 15.7. The van der Waals surface area contributed by atoms with E-state index in [0.717, 1.165) is 19.5 Å². The highest BCUT2D eigenvalue weighted by Gasteiger charge is 2.25. The molecular formula is C20H26N4O3. The van der Waals surface area contributed by atoms with Crippen molar-refractivity contribution in [3.05, 3.63) is 54.2 Å². The van der Waals surface area contributed by atoms with Crippen molar-refractivity contribution in [2.45, 2.75) is 12.8 Å². The Morgan fingerprint density at radius 3 is 2.44 bits per heavy atom. The SMILES string of the molecule is CN(CCC(=O)N1CCN(C(=O)c2ccco2)CC1)CCc1ccncc1. The molecule has 2 aromatic heterocycles. The molecule has 2 amide bonds. The normalized spacial score (nSPS) is 14.6. The van der Waals surface area contributed by atoms with E-state index in [9.17, 15) is 9.59 Å². The Balaban J connectivity index is 1.36. The second kappa shape index (κ2) is 9.32. The van der Waals surface area contributed by atoms with Crippen molar-refractivity contribution in [2.75, 3.05) is 46.3 Å². The quantitative estimate of drug-likeness (QED) is 0.739. The van der Waals surface area contributed by atoms with Crippen LogP contribution in [0.5, 0.6) is 0 Å². The minimum absolute atomic E-state index is 0.108. The molecule has 0 bridgehead atoms. The predicted octanol–water partition coefficient (Wildman–Crippen LogP) is 1.52. The molecule has 3 rings (SSSR count). The number of aromatic nitrogens is 1. The number of nitrogens with zero attached hydrogens (tertiary/aromatic N) is 4. The van der Waals surface area contributed by atoms with Crippen LogP contribution in [0.3, 0.4) is 0 Å². The van der Waals surface area contributed by atoms with Crippen molar-refractivity contribution in [1.29, 1.82) is 0 Å². The molecule has 0 atom stereocenters. The molecule has 27 heavy (non-hydrogen) atoms. The Morgan fingerprint density at radius 2 is 1.78 bits per heavy atom. The Bertz CT molecular complexity index is 725. The van der Waals surface area contributed by atoms with Gasteiger partial charge in [-0.25, -0.2) is 0 Å². The summed E-state index contributed by atoms with van der Waals surface area (Å²) in [6, 6.07) is 7.41. The summed E-state index contributed by atoms with van der Waals surface area (Å²) in [5.41, 5.74) is 1.25. The second-order valence-electron chi connectivity index (χ2n) is 6.81. The predicted molar refractivity (Wildman–Crippen MR) is 101 cm³/mol. The lowest BCUT2D eigenvalue weighted by molar-refractivity contribution is -0.133. The van der Waals surface area contributed by atoms with Gasteiger partial charge in [0, 0.05) is 58.1 Å². The number of rotatable bonds is 7. The molecule has 7 heteroatoms. The maximum absolute atomic E-state index is 12.5. The van der Waals surface area contributed by atoms with E-state index in [1.54, 1.807) is 29.4 Å². The summed E-state index contributed by atoms with van der Waals surface area (Å²) in [6.07, 6.45) is 6.54. The van der Waals surface area contributed by atoms with Gasteiger partial charge in [-0.2, -0.15) is 0 Å². The van der Waals surface area contributed by atoms with Crippen molar-refractivity contribution in [2.24, 2.45) is 0 Å². The first-order valence-corrected chi connectivity index (χ1v) is 9.31. The minimum Gasteiger partial charge on any atom is -0.459 e. The molecule has 7 nitrogen and oxygen atoms in total. The molecule has 1 saturated heterocycles. The summed E-state index contributed by atoms with van der Waals surface area (Å²) in [6.45, 7) is 3.88. The third-order valence-corrected chi connectivity index (χ3v) is 4.89. The van der Waals surface area contributed by atoms with Crippen molar-refractivity contribution >= 4 is 11.8 Å². The lowest BCUT2D eigenvalue weighted by atomic mass is 10.2. The number of hydrogen-bond donors (Lipinski definition) is 0. The van der Waals surface area contributed by atoms with Gasteiger partial charge in [-0.1, -0.05) is 0 Å². The Hall–Kier alpha value is -2.67. The number of furan rings is 1. The maximum atomic E-state index is 12.5. The molecular weight excluding hydrogens is 344 g/mol. The second-order valence-corrected chi connectivity index (χ2v) is 6.81. The molecule has 0 aliphatic carbocycles. The fourth-order valence-corrected chi connectivity index (χ4v) is 3.14. The van der Waals surface area contributed by atoms with Gasteiger partial charge in [0.1, 0.15) is 0 Å². The van der Waals surface area contributed by atoms with Crippen LogP contribution in [-0.2, 0) is 11.2 Å². The van der Waals surface area contributed by atoms with Gasteiger partial charge < -0.3 is 19.1 Å². The van der Waals surface area contributed by atoms with Crippen molar-refractivity contribution in [3.8, 4) is 0 Å². The molecule has 0 aromatic carbocycles. The molecule has 0 saturated carbocycles. The molecule has 3 heterocycles. The van der Waals surface area contributed by atoms with Crippen molar-refractivity contribution in [1.82, 2.24) is 19.7 Å². The highest BCUT2D eigenvalue weighted by molar-refractivity contribution is 5.91. The largest absolute Gasteiger partial charge is 0.459 e. The lowest BCUT2D eigenvalue weighted by Gasteiger charge is -2.34. The van der Waals surface area contributed by atoms with Gasteiger partial charge in [0.2, 0.25) is 5.91 Å². The molecule has 2 aromatic rings. The summed E-state index contributed by atoms with van der Waals surface area (Å²) in [7, 11) is 2.04. The molecule has 0 spiro atoms. The zero-order chi connectivity index (χ0) is 19.1. The molecule has 0 N–H and O–H groups in total. The topological polar surface area (TPSA) is 69.9 Å². The van der Waals surface area contributed by atoms with Crippen LogP contribution in [0.25, 0.3) is 0 Å². The molecule has 0 unspecified atom stereocenters. The van der Waals surface area contributed by atoms with Crippen LogP contribution in [0.15, 0.2) is 47.3 Å². The zero-order valence-electron chi connectivity index (χ0n) is 15.7. The van der Waals surface area contributed by atoms with E-state index in [4.69, 9.17) is 4.42 Å². The first-order chi connectivity index (χ1) is 13.1. The van der Waals surface area contributed by atoms with E-state index in [0.29, 0.717) is 38.4 Å². The van der Waals surface area contributed by atoms with Gasteiger partial charge in [-0.15, -0.1) is 0 Å². The summed E-state index contributed by atoms with van der Waals surface area (Å²) in [4.78, 5) is 34.5. The average Bonchev–Trinajstić information content (AvgIpc) is 3.25. The summed E-state index contributed by atoms with van der Waals surface area (Å²) < 4.78 is 5.16. The number of hydrogen-bond acceptors (Lipinski definition) is 5. The Labute approximate surface area is 159 Å².